The molecule has 35 heavy (non-hydrogen) atoms. The van der Waals surface area contributed by atoms with E-state index in [0.29, 0.717) is 0 Å². The molecule has 0 amide bonds. The van der Waals surface area contributed by atoms with Crippen LogP contribution in [0.4, 0.5) is 11.9 Å². The summed E-state index contributed by atoms with van der Waals surface area (Å²) in [5, 5.41) is 17.3. The van der Waals surface area contributed by atoms with Crippen LogP contribution in [-0.4, -0.2) is 49.7 Å². The van der Waals surface area contributed by atoms with Gasteiger partial charge in [0.1, 0.15) is 6.34 Å². The van der Waals surface area contributed by atoms with Crippen molar-refractivity contribution in [2.75, 3.05) is 10.6 Å². The lowest BCUT2D eigenvalue weighted by Gasteiger charge is -2.06. The lowest BCUT2D eigenvalue weighted by molar-refractivity contribution is 0.705. The molecule has 0 bridgehead atoms. The Morgan fingerprint density at radius 3 is 1.71 bits per heavy atom. The summed E-state index contributed by atoms with van der Waals surface area (Å²) in [5.41, 5.74) is 1.23. The summed E-state index contributed by atoms with van der Waals surface area (Å²) in [6, 6.07) is 0. The number of aromatic nitrogens is 8. The Balaban J connectivity index is 1.52. The van der Waals surface area contributed by atoms with E-state index >= 15 is 0 Å². The second kappa shape index (κ2) is 8.12. The third-order valence-corrected chi connectivity index (χ3v) is 5.62. The van der Waals surface area contributed by atoms with E-state index in [4.69, 9.17) is 5.41 Å². The van der Waals surface area contributed by atoms with E-state index in [-0.39, 0.29) is 40.2 Å². The van der Waals surface area contributed by atoms with Crippen LogP contribution in [0.1, 0.15) is 0 Å². The van der Waals surface area contributed by atoms with Gasteiger partial charge >= 0.3 is 11.4 Å². The molecule has 0 aliphatic heterocycles. The van der Waals surface area contributed by atoms with Crippen molar-refractivity contribution < 1.29 is 0 Å². The van der Waals surface area contributed by atoms with Gasteiger partial charge in [-0.1, -0.05) is 0 Å². The average molecular weight is 485 g/mol. The zero-order valence-corrected chi connectivity index (χ0v) is 19.7. The first-order valence-electron chi connectivity index (χ1n) is 10.1. The van der Waals surface area contributed by atoms with E-state index in [1.165, 1.54) is 52.8 Å². The van der Waals surface area contributed by atoms with Crippen molar-refractivity contribution in [1.29, 1.82) is 5.41 Å². The van der Waals surface area contributed by atoms with Crippen LogP contribution in [-0.2, 0) is 42.3 Å². The number of anilines is 2. The SMILES string of the molecule is Cn1c(=O)c2c(nc(N/C=N/NC(=N)Nc3nc4c(c(=O)n(C)c(=O)n4C)n3C)n2C)n(C)c1=O. The van der Waals surface area contributed by atoms with Gasteiger partial charge in [-0.2, -0.15) is 15.1 Å². The maximum Gasteiger partial charge on any atom is 0.332 e. The van der Waals surface area contributed by atoms with Crippen molar-refractivity contribution in [3.8, 4) is 0 Å². The summed E-state index contributed by atoms with van der Waals surface area (Å²) in [6.07, 6.45) is 1.20. The molecule has 0 saturated carbocycles. The predicted molar refractivity (Wildman–Crippen MR) is 129 cm³/mol. The number of nitrogens with zero attached hydrogens (tertiary/aromatic N) is 9. The molecule has 4 aromatic rings. The molecule has 0 spiro atoms. The van der Waals surface area contributed by atoms with Gasteiger partial charge in [0.15, 0.2) is 22.3 Å². The molecule has 184 valence electrons. The molecule has 0 aliphatic carbocycles. The number of nitrogens with one attached hydrogen (secondary N) is 4. The highest BCUT2D eigenvalue weighted by Crippen LogP contribution is 2.13. The molecule has 0 saturated heterocycles. The molecule has 17 nitrogen and oxygen atoms in total. The molecule has 0 fully saturated rings. The van der Waals surface area contributed by atoms with Crippen molar-refractivity contribution in [1.82, 2.24) is 42.8 Å². The van der Waals surface area contributed by atoms with E-state index in [1.54, 1.807) is 14.1 Å². The predicted octanol–water partition coefficient (Wildman–Crippen LogP) is -2.75. The van der Waals surface area contributed by atoms with Gasteiger partial charge in [0.25, 0.3) is 11.1 Å². The number of fused-ring (bicyclic) bond motifs is 2. The van der Waals surface area contributed by atoms with Gasteiger partial charge in [-0.05, 0) is 0 Å². The van der Waals surface area contributed by atoms with Gasteiger partial charge in [0.2, 0.25) is 17.9 Å². The van der Waals surface area contributed by atoms with Crippen LogP contribution in [0.15, 0.2) is 24.3 Å². The molecule has 0 aliphatic rings. The molecule has 4 heterocycles. The van der Waals surface area contributed by atoms with E-state index in [0.717, 1.165) is 9.13 Å². The highest BCUT2D eigenvalue weighted by molar-refractivity contribution is 5.92. The summed E-state index contributed by atoms with van der Waals surface area (Å²) < 4.78 is 7.38. The number of rotatable bonds is 4. The molecular formula is C18H23N13O4. The molecule has 17 heteroatoms. The minimum atomic E-state index is -0.518. The Morgan fingerprint density at radius 2 is 1.20 bits per heavy atom. The maximum absolute atomic E-state index is 12.5. The first kappa shape index (κ1) is 23.2. The summed E-state index contributed by atoms with van der Waals surface area (Å²) >= 11 is 0. The highest BCUT2D eigenvalue weighted by atomic mass is 16.2. The van der Waals surface area contributed by atoms with Crippen LogP contribution in [0.2, 0.25) is 0 Å². The van der Waals surface area contributed by atoms with Crippen LogP contribution in [0.25, 0.3) is 22.3 Å². The maximum atomic E-state index is 12.5. The summed E-state index contributed by atoms with van der Waals surface area (Å²) in [5.74, 6) is 0.117. The first-order chi connectivity index (χ1) is 16.5. The number of hydrogen-bond acceptors (Lipinski definition) is 8. The van der Waals surface area contributed by atoms with E-state index in [1.807, 2.05) is 0 Å². The number of aryl methyl sites for hydroxylation is 4. The topological polar surface area (TPSA) is 196 Å². The van der Waals surface area contributed by atoms with Crippen LogP contribution in [0.5, 0.6) is 0 Å². The van der Waals surface area contributed by atoms with Gasteiger partial charge in [0, 0.05) is 42.3 Å². The Bertz CT molecular complexity index is 1790. The van der Waals surface area contributed by atoms with Crippen molar-refractivity contribution >= 4 is 46.5 Å². The van der Waals surface area contributed by atoms with Crippen LogP contribution >= 0.6 is 0 Å². The van der Waals surface area contributed by atoms with Crippen LogP contribution in [0.3, 0.4) is 0 Å². The number of hydrazone groups is 1. The third kappa shape index (κ3) is 3.49. The first-order valence-corrected chi connectivity index (χ1v) is 10.1. The van der Waals surface area contributed by atoms with Gasteiger partial charge < -0.3 is 14.5 Å². The molecular weight excluding hydrogens is 462 g/mol. The fourth-order valence-corrected chi connectivity index (χ4v) is 3.60. The third-order valence-electron chi connectivity index (χ3n) is 5.62. The van der Waals surface area contributed by atoms with Gasteiger partial charge in [-0.25, -0.2) is 15.0 Å². The fourth-order valence-electron chi connectivity index (χ4n) is 3.60. The monoisotopic (exact) mass is 485 g/mol. The van der Waals surface area contributed by atoms with Crippen molar-refractivity contribution in [3.63, 3.8) is 0 Å². The molecule has 0 aromatic carbocycles. The van der Waals surface area contributed by atoms with Crippen LogP contribution in [0, 0.1) is 5.41 Å². The van der Waals surface area contributed by atoms with E-state index < -0.39 is 22.5 Å². The minimum absolute atomic E-state index is 0.145. The lowest BCUT2D eigenvalue weighted by Crippen LogP contribution is -2.37. The average Bonchev–Trinajstić information content (AvgIpc) is 3.33. The smallest absolute Gasteiger partial charge is 0.315 e. The summed E-state index contributed by atoms with van der Waals surface area (Å²) in [4.78, 5) is 57.6. The van der Waals surface area contributed by atoms with E-state index in [2.05, 4.69) is 31.1 Å². The van der Waals surface area contributed by atoms with Gasteiger partial charge in [0.05, 0.1) is 0 Å². The lowest BCUT2D eigenvalue weighted by atomic mass is 10.5. The molecule has 0 atom stereocenters. The zero-order chi connectivity index (χ0) is 25.8. The molecule has 4 aromatic heterocycles. The Kier molecular flexibility index (Phi) is 5.38. The normalized spacial score (nSPS) is 11.6. The van der Waals surface area contributed by atoms with Crippen molar-refractivity contribution in [2.45, 2.75) is 0 Å². The fraction of sp³-hybridized carbons (Fsp3) is 0.333. The highest BCUT2D eigenvalue weighted by Gasteiger charge is 2.18. The second-order valence-electron chi connectivity index (χ2n) is 7.76. The number of hydrogen-bond donors (Lipinski definition) is 4. The standard InChI is InChI=1S/C18H23N13O4/c1-26-8-10(28(3)17(34)30(5)12(8)32)22-15(26)20-7-21-25-14(19)24-16-23-11-9(27(16)2)13(33)31(6)18(35)29(11)4/h7H,1-6H3,(H,20,21,22)(H3,19,23,24,25). The Hall–Kier alpha value is -4.96. The summed E-state index contributed by atoms with van der Waals surface area (Å²) in [6.45, 7) is 0. The van der Waals surface area contributed by atoms with Gasteiger partial charge in [-0.15, -0.1) is 0 Å². The summed E-state index contributed by atoms with van der Waals surface area (Å²) in [7, 11) is 8.95. The van der Waals surface area contributed by atoms with Gasteiger partial charge in [-0.3, -0.25) is 38.6 Å². The molecule has 0 unspecified atom stereocenters. The second-order valence-corrected chi connectivity index (χ2v) is 7.76. The quantitative estimate of drug-likeness (QED) is 0.134. The Labute approximate surface area is 195 Å². The van der Waals surface area contributed by atoms with Crippen molar-refractivity contribution in [2.24, 2.45) is 47.4 Å². The molecule has 4 rings (SSSR count). The zero-order valence-electron chi connectivity index (χ0n) is 19.7. The molecule has 4 N–H and O–H groups in total. The molecule has 0 radical (unpaired) electrons. The van der Waals surface area contributed by atoms with E-state index in [9.17, 15) is 19.2 Å². The van der Waals surface area contributed by atoms with Crippen LogP contribution < -0.4 is 38.6 Å². The Morgan fingerprint density at radius 1 is 0.743 bits per heavy atom. The minimum Gasteiger partial charge on any atom is -0.315 e. The number of imidazole rings is 2. The van der Waals surface area contributed by atoms with Crippen molar-refractivity contribution in [3.05, 3.63) is 41.7 Å². The number of guanidine groups is 1. The largest absolute Gasteiger partial charge is 0.332 e.